The Bertz CT molecular complexity index is 523. The predicted molar refractivity (Wildman–Crippen MR) is 89.9 cm³/mol. The summed E-state index contributed by atoms with van der Waals surface area (Å²) < 4.78 is 0. The van der Waals surface area contributed by atoms with E-state index in [9.17, 15) is 4.79 Å². The van der Waals surface area contributed by atoms with E-state index in [1.807, 2.05) is 29.2 Å². The maximum Gasteiger partial charge on any atom is 0.321 e. The first-order valence-corrected chi connectivity index (χ1v) is 7.87. The van der Waals surface area contributed by atoms with Gasteiger partial charge in [0.15, 0.2) is 5.96 Å². The fraction of sp³-hybridized carbons (Fsp3) is 0.500. The van der Waals surface area contributed by atoms with Gasteiger partial charge in [-0.25, -0.2) is 9.79 Å². The SMILES string of the molecule is CCCNC(N)=NCc1cccc(NC(=O)N2CCCC2)c1. The van der Waals surface area contributed by atoms with E-state index in [4.69, 9.17) is 5.73 Å². The summed E-state index contributed by atoms with van der Waals surface area (Å²) in [5.41, 5.74) is 7.58. The molecule has 1 aliphatic heterocycles. The molecule has 4 N–H and O–H groups in total. The number of likely N-dealkylation sites (tertiary alicyclic amines) is 1. The van der Waals surface area contributed by atoms with Crippen LogP contribution in [0.4, 0.5) is 10.5 Å². The van der Waals surface area contributed by atoms with Crippen LogP contribution in [0.1, 0.15) is 31.7 Å². The summed E-state index contributed by atoms with van der Waals surface area (Å²) in [5, 5.41) is 5.98. The number of nitrogens with zero attached hydrogens (tertiary/aromatic N) is 2. The van der Waals surface area contributed by atoms with Gasteiger partial charge in [0, 0.05) is 25.3 Å². The smallest absolute Gasteiger partial charge is 0.321 e. The normalized spacial score (nSPS) is 15.0. The summed E-state index contributed by atoms with van der Waals surface area (Å²) in [7, 11) is 0. The molecule has 0 bridgehead atoms. The Hall–Kier alpha value is -2.24. The van der Waals surface area contributed by atoms with Gasteiger partial charge in [-0.2, -0.15) is 0 Å². The van der Waals surface area contributed by atoms with E-state index < -0.39 is 0 Å². The summed E-state index contributed by atoms with van der Waals surface area (Å²) in [6.45, 7) is 5.08. The zero-order chi connectivity index (χ0) is 15.8. The van der Waals surface area contributed by atoms with Gasteiger partial charge in [-0.05, 0) is 37.0 Å². The number of anilines is 1. The van der Waals surface area contributed by atoms with Gasteiger partial charge in [0.2, 0.25) is 0 Å². The standard InChI is InChI=1S/C16H25N5O/c1-2-8-18-15(17)19-12-13-6-5-7-14(11-13)20-16(22)21-9-3-4-10-21/h5-7,11H,2-4,8-10,12H2,1H3,(H,20,22)(H3,17,18,19). The molecule has 0 aromatic heterocycles. The maximum absolute atomic E-state index is 12.1. The third-order valence-corrected chi connectivity index (χ3v) is 3.56. The van der Waals surface area contributed by atoms with Crippen LogP contribution in [0.15, 0.2) is 29.3 Å². The minimum atomic E-state index is -0.0257. The first-order chi connectivity index (χ1) is 10.7. The molecule has 0 atom stereocenters. The first kappa shape index (κ1) is 16.1. The molecule has 0 unspecified atom stereocenters. The summed E-state index contributed by atoms with van der Waals surface area (Å²) >= 11 is 0. The topological polar surface area (TPSA) is 82.7 Å². The number of aliphatic imine (C=N–C) groups is 1. The number of urea groups is 1. The van der Waals surface area contributed by atoms with Crippen LogP contribution in [0.2, 0.25) is 0 Å². The molecule has 1 aromatic carbocycles. The Morgan fingerprint density at radius 1 is 1.36 bits per heavy atom. The lowest BCUT2D eigenvalue weighted by atomic mass is 10.2. The molecule has 2 amide bonds. The molecule has 120 valence electrons. The third kappa shape index (κ3) is 4.95. The van der Waals surface area contributed by atoms with E-state index in [1.54, 1.807) is 0 Å². The molecule has 6 nitrogen and oxygen atoms in total. The Morgan fingerprint density at radius 3 is 2.86 bits per heavy atom. The van der Waals surface area contributed by atoms with Crippen molar-refractivity contribution in [2.75, 3.05) is 25.0 Å². The van der Waals surface area contributed by atoms with Crippen LogP contribution in [0.3, 0.4) is 0 Å². The van der Waals surface area contributed by atoms with E-state index in [0.717, 1.165) is 50.1 Å². The molecule has 2 rings (SSSR count). The summed E-state index contributed by atoms with van der Waals surface area (Å²) in [6, 6.07) is 7.69. The number of hydrogen-bond donors (Lipinski definition) is 3. The average molecular weight is 303 g/mol. The van der Waals surface area contributed by atoms with Crippen molar-refractivity contribution in [3.63, 3.8) is 0 Å². The number of carbonyl (C=O) groups excluding carboxylic acids is 1. The molecule has 0 aliphatic carbocycles. The lowest BCUT2D eigenvalue weighted by Crippen LogP contribution is -2.32. The van der Waals surface area contributed by atoms with Gasteiger partial charge in [-0.3, -0.25) is 0 Å². The lowest BCUT2D eigenvalue weighted by molar-refractivity contribution is 0.222. The zero-order valence-electron chi connectivity index (χ0n) is 13.1. The number of nitrogens with one attached hydrogen (secondary N) is 2. The number of benzene rings is 1. The Labute approximate surface area is 131 Å². The minimum absolute atomic E-state index is 0.0257. The van der Waals surface area contributed by atoms with E-state index >= 15 is 0 Å². The summed E-state index contributed by atoms with van der Waals surface area (Å²) in [6.07, 6.45) is 3.19. The van der Waals surface area contributed by atoms with Crippen molar-refractivity contribution in [2.45, 2.75) is 32.7 Å². The van der Waals surface area contributed by atoms with Crippen molar-refractivity contribution in [1.29, 1.82) is 0 Å². The van der Waals surface area contributed by atoms with Crippen molar-refractivity contribution in [2.24, 2.45) is 10.7 Å². The average Bonchev–Trinajstić information content (AvgIpc) is 3.06. The molecular weight excluding hydrogens is 278 g/mol. The highest BCUT2D eigenvalue weighted by molar-refractivity contribution is 5.89. The van der Waals surface area contributed by atoms with E-state index in [0.29, 0.717) is 12.5 Å². The predicted octanol–water partition coefficient (Wildman–Crippen LogP) is 2.13. The second kappa shape index (κ2) is 8.26. The number of rotatable bonds is 5. The van der Waals surface area contributed by atoms with Gasteiger partial charge >= 0.3 is 6.03 Å². The van der Waals surface area contributed by atoms with Crippen molar-refractivity contribution in [3.05, 3.63) is 29.8 Å². The fourth-order valence-electron chi connectivity index (χ4n) is 2.36. The molecule has 0 saturated carbocycles. The molecule has 1 fully saturated rings. The van der Waals surface area contributed by atoms with Crippen molar-refractivity contribution < 1.29 is 4.79 Å². The highest BCUT2D eigenvalue weighted by Gasteiger charge is 2.17. The van der Waals surface area contributed by atoms with Crippen LogP contribution in [-0.2, 0) is 6.54 Å². The van der Waals surface area contributed by atoms with Crippen LogP contribution < -0.4 is 16.4 Å². The van der Waals surface area contributed by atoms with Crippen LogP contribution in [0.5, 0.6) is 0 Å². The molecule has 1 saturated heterocycles. The van der Waals surface area contributed by atoms with Crippen LogP contribution in [0, 0.1) is 0 Å². The summed E-state index contributed by atoms with van der Waals surface area (Å²) in [4.78, 5) is 18.2. The third-order valence-electron chi connectivity index (χ3n) is 3.56. The monoisotopic (exact) mass is 303 g/mol. The van der Waals surface area contributed by atoms with E-state index in [-0.39, 0.29) is 6.03 Å². The largest absolute Gasteiger partial charge is 0.370 e. The Balaban J connectivity index is 1.90. The van der Waals surface area contributed by atoms with Crippen molar-refractivity contribution in [3.8, 4) is 0 Å². The highest BCUT2D eigenvalue weighted by Crippen LogP contribution is 2.14. The Morgan fingerprint density at radius 2 is 2.14 bits per heavy atom. The van der Waals surface area contributed by atoms with Crippen LogP contribution in [0.25, 0.3) is 0 Å². The van der Waals surface area contributed by atoms with E-state index in [2.05, 4.69) is 22.5 Å². The number of guanidine groups is 1. The van der Waals surface area contributed by atoms with Gasteiger partial charge < -0.3 is 21.3 Å². The molecule has 6 heteroatoms. The lowest BCUT2D eigenvalue weighted by Gasteiger charge is -2.16. The quantitative estimate of drug-likeness (QED) is 0.575. The fourth-order valence-corrected chi connectivity index (χ4v) is 2.36. The van der Waals surface area contributed by atoms with Gasteiger partial charge in [0.1, 0.15) is 0 Å². The molecule has 0 radical (unpaired) electrons. The number of hydrogen-bond acceptors (Lipinski definition) is 2. The van der Waals surface area contributed by atoms with Gasteiger partial charge in [-0.1, -0.05) is 19.1 Å². The first-order valence-electron chi connectivity index (χ1n) is 7.87. The van der Waals surface area contributed by atoms with Gasteiger partial charge in [0.25, 0.3) is 0 Å². The second-order valence-electron chi connectivity index (χ2n) is 5.45. The maximum atomic E-state index is 12.1. The minimum Gasteiger partial charge on any atom is -0.370 e. The number of nitrogens with two attached hydrogens (primary N) is 1. The molecular formula is C16H25N5O. The molecule has 0 spiro atoms. The van der Waals surface area contributed by atoms with Crippen LogP contribution in [-0.4, -0.2) is 36.5 Å². The van der Waals surface area contributed by atoms with E-state index in [1.165, 1.54) is 0 Å². The van der Waals surface area contributed by atoms with Crippen LogP contribution >= 0.6 is 0 Å². The van der Waals surface area contributed by atoms with Gasteiger partial charge in [-0.15, -0.1) is 0 Å². The molecule has 1 aliphatic rings. The van der Waals surface area contributed by atoms with Crippen molar-refractivity contribution in [1.82, 2.24) is 10.2 Å². The molecule has 1 aromatic rings. The zero-order valence-corrected chi connectivity index (χ0v) is 13.1. The highest BCUT2D eigenvalue weighted by atomic mass is 16.2. The van der Waals surface area contributed by atoms with Crippen molar-refractivity contribution >= 4 is 17.7 Å². The molecule has 22 heavy (non-hydrogen) atoms. The Kier molecular flexibility index (Phi) is 6.06. The molecule has 1 heterocycles. The second-order valence-corrected chi connectivity index (χ2v) is 5.45. The summed E-state index contributed by atoms with van der Waals surface area (Å²) in [5.74, 6) is 0.452. The number of carbonyl (C=O) groups is 1. The number of amides is 2. The van der Waals surface area contributed by atoms with Gasteiger partial charge in [0.05, 0.1) is 6.54 Å².